The third-order valence-electron chi connectivity index (χ3n) is 6.23. The summed E-state index contributed by atoms with van der Waals surface area (Å²) in [6.07, 6.45) is 8.21. The fraction of sp³-hybridized carbons (Fsp3) is 0.500. The number of benzene rings is 1. The number of hydrogen-bond donors (Lipinski definition) is 0. The summed E-state index contributed by atoms with van der Waals surface area (Å²) in [6.45, 7) is 2.75. The van der Waals surface area contributed by atoms with E-state index >= 15 is 0 Å². The Morgan fingerprint density at radius 1 is 1.16 bits per heavy atom. The zero-order valence-electron chi connectivity index (χ0n) is 17.7. The molecule has 0 radical (unpaired) electrons. The van der Waals surface area contributed by atoms with Gasteiger partial charge in [-0.3, -0.25) is 9.78 Å². The zero-order valence-corrected chi connectivity index (χ0v) is 17.7. The number of halogens is 1. The molecule has 166 valence electrons. The lowest BCUT2D eigenvalue weighted by molar-refractivity contribution is -0.149. The first kappa shape index (κ1) is 21.6. The minimum absolute atomic E-state index is 0.0339. The van der Waals surface area contributed by atoms with E-state index in [1.807, 2.05) is 17.0 Å². The largest absolute Gasteiger partial charge is 0.492 e. The maximum atomic E-state index is 13.0. The number of rotatable bonds is 7. The van der Waals surface area contributed by atoms with Crippen molar-refractivity contribution >= 4 is 5.91 Å². The first-order valence-corrected chi connectivity index (χ1v) is 10.9. The van der Waals surface area contributed by atoms with Crippen molar-refractivity contribution in [3.63, 3.8) is 0 Å². The van der Waals surface area contributed by atoms with Crippen molar-refractivity contribution in [2.75, 3.05) is 32.9 Å². The van der Waals surface area contributed by atoms with Gasteiger partial charge in [0, 0.05) is 25.9 Å². The van der Waals surface area contributed by atoms with E-state index in [2.05, 4.69) is 4.98 Å². The maximum absolute atomic E-state index is 13.0. The van der Waals surface area contributed by atoms with Crippen LogP contribution in [0, 0.1) is 11.7 Å². The lowest BCUT2D eigenvalue weighted by Gasteiger charge is -2.46. The molecular formula is C24H29FN2O4. The molecule has 1 aromatic heterocycles. The van der Waals surface area contributed by atoms with E-state index in [4.69, 9.17) is 14.2 Å². The number of nitrogens with zero attached hydrogens (tertiary/aromatic N) is 2. The van der Waals surface area contributed by atoms with Gasteiger partial charge in [-0.25, -0.2) is 4.39 Å². The van der Waals surface area contributed by atoms with Crippen LogP contribution in [0.15, 0.2) is 48.8 Å². The van der Waals surface area contributed by atoms with E-state index in [-0.39, 0.29) is 23.9 Å². The zero-order chi connectivity index (χ0) is 21.5. The molecule has 4 rings (SSSR count). The SMILES string of the molecule is O=C(COc1ccc(F)cc1)N1CCC2(CC1)CC(CCOc1cccnc1)CCO2. The fourth-order valence-electron chi connectivity index (χ4n) is 4.43. The van der Waals surface area contributed by atoms with Crippen LogP contribution in [0.3, 0.4) is 0 Å². The average Bonchev–Trinajstić information content (AvgIpc) is 2.80. The highest BCUT2D eigenvalue weighted by Gasteiger charge is 2.41. The maximum Gasteiger partial charge on any atom is 0.260 e. The molecule has 2 aromatic rings. The summed E-state index contributed by atoms with van der Waals surface area (Å²) in [5.74, 6) is 1.49. The van der Waals surface area contributed by atoms with Gasteiger partial charge in [-0.05, 0) is 74.4 Å². The van der Waals surface area contributed by atoms with Crippen LogP contribution in [0.2, 0.25) is 0 Å². The van der Waals surface area contributed by atoms with E-state index in [0.29, 0.717) is 31.4 Å². The van der Waals surface area contributed by atoms with Crippen molar-refractivity contribution in [3.8, 4) is 11.5 Å². The summed E-state index contributed by atoms with van der Waals surface area (Å²) in [5.41, 5.74) is -0.133. The Hall–Kier alpha value is -2.67. The second-order valence-corrected chi connectivity index (χ2v) is 8.34. The third-order valence-corrected chi connectivity index (χ3v) is 6.23. The second kappa shape index (κ2) is 10.1. The van der Waals surface area contributed by atoms with E-state index in [1.54, 1.807) is 12.4 Å². The lowest BCUT2D eigenvalue weighted by atomic mass is 9.78. The Balaban J connectivity index is 1.20. The topological polar surface area (TPSA) is 60.9 Å². The molecule has 0 aliphatic carbocycles. The van der Waals surface area contributed by atoms with Crippen LogP contribution >= 0.6 is 0 Å². The molecule has 3 heterocycles. The molecule has 2 aliphatic heterocycles. The number of hydrogen-bond acceptors (Lipinski definition) is 5. The van der Waals surface area contributed by atoms with Gasteiger partial charge in [-0.2, -0.15) is 0 Å². The number of pyridine rings is 1. The Kier molecular flexibility index (Phi) is 7.02. The Morgan fingerprint density at radius 2 is 1.97 bits per heavy atom. The van der Waals surface area contributed by atoms with Gasteiger partial charge in [-0.15, -0.1) is 0 Å². The minimum atomic E-state index is -0.325. The summed E-state index contributed by atoms with van der Waals surface area (Å²) in [4.78, 5) is 18.4. The lowest BCUT2D eigenvalue weighted by Crippen LogP contribution is -2.51. The van der Waals surface area contributed by atoms with Crippen molar-refractivity contribution < 1.29 is 23.4 Å². The summed E-state index contributed by atoms with van der Waals surface area (Å²) in [5, 5.41) is 0. The number of likely N-dealkylation sites (tertiary alicyclic amines) is 1. The van der Waals surface area contributed by atoms with Gasteiger partial charge < -0.3 is 19.1 Å². The van der Waals surface area contributed by atoms with E-state index in [9.17, 15) is 9.18 Å². The number of aromatic nitrogens is 1. The van der Waals surface area contributed by atoms with E-state index in [0.717, 1.165) is 44.5 Å². The van der Waals surface area contributed by atoms with Gasteiger partial charge in [0.15, 0.2) is 6.61 Å². The van der Waals surface area contributed by atoms with Crippen molar-refractivity contribution in [3.05, 3.63) is 54.6 Å². The summed E-state index contributed by atoms with van der Waals surface area (Å²) >= 11 is 0. The summed E-state index contributed by atoms with van der Waals surface area (Å²) in [7, 11) is 0. The third kappa shape index (κ3) is 5.94. The van der Waals surface area contributed by atoms with Crippen LogP contribution in [0.25, 0.3) is 0 Å². The number of amides is 1. The van der Waals surface area contributed by atoms with E-state index in [1.165, 1.54) is 24.3 Å². The van der Waals surface area contributed by atoms with Gasteiger partial charge in [0.1, 0.15) is 17.3 Å². The standard InChI is InChI=1S/C24H29FN2O4/c25-20-3-5-21(6-4-20)30-18-23(28)27-12-9-24(10-13-27)16-19(8-15-31-24)7-14-29-22-2-1-11-26-17-22/h1-6,11,17,19H,7-10,12-16,18H2. The minimum Gasteiger partial charge on any atom is -0.492 e. The van der Waals surface area contributed by atoms with Gasteiger partial charge in [0.25, 0.3) is 5.91 Å². The molecule has 1 unspecified atom stereocenters. The molecule has 1 spiro atoms. The highest BCUT2D eigenvalue weighted by Crippen LogP contribution is 2.38. The van der Waals surface area contributed by atoms with Gasteiger partial charge in [-0.1, -0.05) is 0 Å². The van der Waals surface area contributed by atoms with Crippen LogP contribution in [0.5, 0.6) is 11.5 Å². The van der Waals surface area contributed by atoms with Gasteiger partial charge in [0.05, 0.1) is 18.4 Å². The highest BCUT2D eigenvalue weighted by molar-refractivity contribution is 5.77. The highest BCUT2D eigenvalue weighted by atomic mass is 19.1. The smallest absolute Gasteiger partial charge is 0.260 e. The molecule has 1 amide bonds. The number of ether oxygens (including phenoxy) is 3. The number of carbonyl (C=O) groups excluding carboxylic acids is 1. The van der Waals surface area contributed by atoms with Gasteiger partial charge in [0.2, 0.25) is 0 Å². The van der Waals surface area contributed by atoms with Crippen LogP contribution in [-0.2, 0) is 9.53 Å². The van der Waals surface area contributed by atoms with Crippen LogP contribution in [0.4, 0.5) is 4.39 Å². The predicted octanol–water partition coefficient (Wildman–Crippen LogP) is 3.86. The fourth-order valence-corrected chi connectivity index (χ4v) is 4.43. The van der Waals surface area contributed by atoms with Crippen molar-refractivity contribution in [2.45, 2.75) is 37.7 Å². The van der Waals surface area contributed by atoms with E-state index < -0.39 is 0 Å². The molecule has 2 fully saturated rings. The molecule has 0 saturated carbocycles. The predicted molar refractivity (Wildman–Crippen MR) is 113 cm³/mol. The van der Waals surface area contributed by atoms with Gasteiger partial charge >= 0.3 is 0 Å². The molecule has 1 aromatic carbocycles. The Labute approximate surface area is 182 Å². The Morgan fingerprint density at radius 3 is 2.71 bits per heavy atom. The molecule has 2 saturated heterocycles. The average molecular weight is 429 g/mol. The van der Waals surface area contributed by atoms with Crippen molar-refractivity contribution in [1.29, 1.82) is 0 Å². The summed E-state index contributed by atoms with van der Waals surface area (Å²) < 4.78 is 30.5. The first-order chi connectivity index (χ1) is 15.1. The molecule has 6 nitrogen and oxygen atoms in total. The quantitative estimate of drug-likeness (QED) is 0.670. The molecule has 0 N–H and O–H groups in total. The van der Waals surface area contributed by atoms with Crippen molar-refractivity contribution in [2.24, 2.45) is 5.92 Å². The molecule has 2 aliphatic rings. The van der Waals surface area contributed by atoms with Crippen LogP contribution in [0.1, 0.15) is 32.1 Å². The molecular weight excluding hydrogens is 399 g/mol. The molecule has 1 atom stereocenters. The normalized spacial score (nSPS) is 20.4. The van der Waals surface area contributed by atoms with Crippen LogP contribution < -0.4 is 9.47 Å². The second-order valence-electron chi connectivity index (χ2n) is 8.34. The van der Waals surface area contributed by atoms with Crippen LogP contribution in [-0.4, -0.2) is 54.3 Å². The molecule has 31 heavy (non-hydrogen) atoms. The van der Waals surface area contributed by atoms with Crippen molar-refractivity contribution in [1.82, 2.24) is 9.88 Å². The first-order valence-electron chi connectivity index (χ1n) is 10.9. The number of carbonyl (C=O) groups is 1. The monoisotopic (exact) mass is 428 g/mol. The Bertz CT molecular complexity index is 838. The molecule has 7 heteroatoms. The summed E-state index contributed by atoms with van der Waals surface area (Å²) in [6, 6.07) is 9.50. The number of piperidine rings is 1. The molecule has 0 bridgehead atoms.